The topological polar surface area (TPSA) is 139 Å². The summed E-state index contributed by atoms with van der Waals surface area (Å²) in [5.74, 6) is -2.33. The summed E-state index contributed by atoms with van der Waals surface area (Å²) in [7, 11) is 0. The van der Waals surface area contributed by atoms with Crippen molar-refractivity contribution in [2.45, 2.75) is 31.3 Å². The number of hydrogen-bond donors (Lipinski definition) is 3. The summed E-state index contributed by atoms with van der Waals surface area (Å²) in [6.07, 6.45) is 0.103. The smallest absolute Gasteiger partial charge is 0.352 e. The summed E-state index contributed by atoms with van der Waals surface area (Å²) >= 11 is 1.32. The van der Waals surface area contributed by atoms with E-state index in [1.165, 1.54) is 18.7 Å². The van der Waals surface area contributed by atoms with Crippen molar-refractivity contribution in [2.24, 2.45) is 5.73 Å². The van der Waals surface area contributed by atoms with Gasteiger partial charge in [-0.25, -0.2) is 4.79 Å². The highest BCUT2D eigenvalue weighted by Crippen LogP contribution is 2.40. The summed E-state index contributed by atoms with van der Waals surface area (Å²) in [5.41, 5.74) is 7.47. The Labute approximate surface area is 171 Å². The minimum atomic E-state index is -1.27. The van der Waals surface area contributed by atoms with Crippen LogP contribution >= 0.6 is 11.8 Å². The van der Waals surface area contributed by atoms with E-state index in [1.807, 2.05) is 12.1 Å². The summed E-state index contributed by atoms with van der Waals surface area (Å²) in [5, 5.41) is 11.7. The van der Waals surface area contributed by atoms with E-state index in [0.717, 1.165) is 16.0 Å². The number of nitrogens with zero attached hydrogens (tertiary/aromatic N) is 1. The van der Waals surface area contributed by atoms with E-state index in [-0.39, 0.29) is 30.4 Å². The van der Waals surface area contributed by atoms with Crippen molar-refractivity contribution >= 4 is 35.5 Å². The van der Waals surface area contributed by atoms with Crippen molar-refractivity contribution in [3.8, 4) is 0 Å². The molecule has 0 aliphatic carbocycles. The van der Waals surface area contributed by atoms with Crippen LogP contribution in [0.2, 0.25) is 0 Å². The lowest BCUT2D eigenvalue weighted by atomic mass is 10.0. The number of carboxylic acid groups (broad SMARTS) is 1. The van der Waals surface area contributed by atoms with E-state index in [0.29, 0.717) is 12.1 Å². The Kier molecular flexibility index (Phi) is 6.23. The highest BCUT2D eigenvalue weighted by atomic mass is 32.2. The molecular formula is C19H21N3O6S. The first-order valence-electron chi connectivity index (χ1n) is 8.92. The molecule has 3 rings (SSSR count). The molecule has 154 valence electrons. The third kappa shape index (κ3) is 4.43. The van der Waals surface area contributed by atoms with Crippen LogP contribution in [-0.4, -0.2) is 57.5 Å². The van der Waals surface area contributed by atoms with Crippen molar-refractivity contribution < 1.29 is 29.0 Å². The fourth-order valence-corrected chi connectivity index (χ4v) is 4.51. The Morgan fingerprint density at radius 3 is 2.52 bits per heavy atom. The number of carbonyl (C=O) groups excluding carboxylic acids is 3. The molecule has 10 heteroatoms. The third-order valence-corrected chi connectivity index (χ3v) is 5.98. The second-order valence-corrected chi connectivity index (χ2v) is 7.79. The fourth-order valence-electron chi connectivity index (χ4n) is 3.19. The number of hydrogen-bond acceptors (Lipinski definition) is 7. The number of carboxylic acids is 1. The molecule has 0 radical (unpaired) electrons. The first-order chi connectivity index (χ1) is 13.8. The summed E-state index contributed by atoms with van der Waals surface area (Å²) in [4.78, 5) is 48.7. The zero-order valence-electron chi connectivity index (χ0n) is 15.7. The summed E-state index contributed by atoms with van der Waals surface area (Å²) < 4.78 is 4.89. The van der Waals surface area contributed by atoms with Crippen LogP contribution in [0.25, 0.3) is 0 Å². The van der Waals surface area contributed by atoms with Crippen molar-refractivity contribution in [2.75, 3.05) is 12.4 Å². The molecule has 29 heavy (non-hydrogen) atoms. The standard InChI is InChI=1S/C19H21N3O6S/c1-10(23)28-8-13-9-29-18-15(17(25)22(18)16(13)19(26)27)21-14(24)6-11-2-4-12(7-20)5-3-11/h2-5,15,18H,6-9,20H2,1H3,(H,21,24)(H,26,27)/t15-,18-/m1/s1. The zero-order valence-corrected chi connectivity index (χ0v) is 16.5. The van der Waals surface area contributed by atoms with Crippen molar-refractivity contribution in [3.05, 3.63) is 46.7 Å². The maximum absolute atomic E-state index is 12.5. The Morgan fingerprint density at radius 2 is 1.93 bits per heavy atom. The van der Waals surface area contributed by atoms with Crippen molar-refractivity contribution in [3.63, 3.8) is 0 Å². The van der Waals surface area contributed by atoms with Gasteiger partial charge in [0.25, 0.3) is 5.91 Å². The van der Waals surface area contributed by atoms with Gasteiger partial charge in [0.05, 0.1) is 6.42 Å². The monoisotopic (exact) mass is 419 g/mol. The molecule has 4 N–H and O–H groups in total. The number of fused-ring (bicyclic) bond motifs is 1. The lowest BCUT2D eigenvalue weighted by molar-refractivity contribution is -0.151. The summed E-state index contributed by atoms with van der Waals surface area (Å²) in [6, 6.07) is 6.49. The number of ether oxygens (including phenoxy) is 1. The van der Waals surface area contributed by atoms with Gasteiger partial charge in [-0.1, -0.05) is 24.3 Å². The van der Waals surface area contributed by atoms with Crippen LogP contribution in [0.1, 0.15) is 18.1 Å². The second-order valence-electron chi connectivity index (χ2n) is 6.69. The van der Waals surface area contributed by atoms with Crippen LogP contribution in [0.3, 0.4) is 0 Å². The fraction of sp³-hybridized carbons (Fsp3) is 0.368. The molecule has 0 aromatic heterocycles. The average Bonchev–Trinajstić information content (AvgIpc) is 2.70. The van der Waals surface area contributed by atoms with E-state index in [2.05, 4.69) is 5.32 Å². The normalized spacial score (nSPS) is 20.6. The average molecular weight is 419 g/mol. The van der Waals surface area contributed by atoms with E-state index in [1.54, 1.807) is 12.1 Å². The van der Waals surface area contributed by atoms with Crippen LogP contribution in [-0.2, 0) is 36.9 Å². The van der Waals surface area contributed by atoms with E-state index in [9.17, 15) is 24.3 Å². The van der Waals surface area contributed by atoms with Gasteiger partial charge in [-0.3, -0.25) is 19.3 Å². The first kappa shape index (κ1) is 20.9. The quantitative estimate of drug-likeness (QED) is 0.414. The molecule has 0 spiro atoms. The van der Waals surface area contributed by atoms with Crippen LogP contribution in [0, 0.1) is 0 Å². The lowest BCUT2D eigenvalue weighted by Gasteiger charge is -2.49. The number of benzene rings is 1. The van der Waals surface area contributed by atoms with Gasteiger partial charge in [0.1, 0.15) is 23.7 Å². The Balaban J connectivity index is 1.66. The molecule has 2 aliphatic rings. The number of thioether (sulfide) groups is 1. The number of rotatable bonds is 7. The van der Waals surface area contributed by atoms with Crippen LogP contribution in [0.5, 0.6) is 0 Å². The molecule has 0 saturated carbocycles. The van der Waals surface area contributed by atoms with E-state index in [4.69, 9.17) is 10.5 Å². The van der Waals surface area contributed by atoms with Gasteiger partial charge in [-0.15, -0.1) is 11.8 Å². The SMILES string of the molecule is CC(=O)OCC1=C(C(=O)O)N2C(=O)[C@@H](NC(=O)Cc3ccc(CN)cc3)[C@H]2SC1. The number of esters is 1. The lowest BCUT2D eigenvalue weighted by Crippen LogP contribution is -2.70. The van der Waals surface area contributed by atoms with E-state index < -0.39 is 29.3 Å². The highest BCUT2D eigenvalue weighted by Gasteiger charge is 2.54. The van der Waals surface area contributed by atoms with Gasteiger partial charge in [-0.2, -0.15) is 0 Å². The van der Waals surface area contributed by atoms with Crippen molar-refractivity contribution in [1.29, 1.82) is 0 Å². The van der Waals surface area contributed by atoms with Gasteiger partial charge in [0.2, 0.25) is 5.91 Å². The zero-order chi connectivity index (χ0) is 21.1. The first-order valence-corrected chi connectivity index (χ1v) is 9.97. The number of nitrogens with two attached hydrogens (primary N) is 1. The largest absolute Gasteiger partial charge is 0.477 e. The number of amides is 2. The molecule has 1 aromatic rings. The molecule has 2 atom stereocenters. The summed E-state index contributed by atoms with van der Waals surface area (Å²) in [6.45, 7) is 1.46. The van der Waals surface area contributed by atoms with Gasteiger partial charge >= 0.3 is 11.9 Å². The molecule has 1 aromatic carbocycles. The Bertz CT molecular complexity index is 882. The van der Waals surface area contributed by atoms with Crippen molar-refractivity contribution in [1.82, 2.24) is 10.2 Å². The van der Waals surface area contributed by atoms with Crippen LogP contribution < -0.4 is 11.1 Å². The molecule has 1 fully saturated rings. The van der Waals surface area contributed by atoms with Gasteiger partial charge in [-0.05, 0) is 11.1 Å². The molecule has 9 nitrogen and oxygen atoms in total. The molecule has 2 amide bonds. The number of carbonyl (C=O) groups is 4. The van der Waals surface area contributed by atoms with Gasteiger partial charge in [0, 0.05) is 24.8 Å². The molecule has 0 bridgehead atoms. The molecule has 2 heterocycles. The third-order valence-electron chi connectivity index (χ3n) is 4.64. The second kappa shape index (κ2) is 8.66. The number of aliphatic carboxylic acids is 1. The van der Waals surface area contributed by atoms with Gasteiger partial charge < -0.3 is 20.9 Å². The minimum Gasteiger partial charge on any atom is -0.477 e. The molecular weight excluding hydrogens is 398 g/mol. The van der Waals surface area contributed by atoms with Crippen LogP contribution in [0.15, 0.2) is 35.5 Å². The van der Waals surface area contributed by atoms with E-state index >= 15 is 0 Å². The number of nitrogens with one attached hydrogen (secondary N) is 1. The predicted molar refractivity (Wildman–Crippen MR) is 104 cm³/mol. The van der Waals surface area contributed by atoms with Crippen LogP contribution in [0.4, 0.5) is 0 Å². The molecule has 0 unspecified atom stereocenters. The van der Waals surface area contributed by atoms with Gasteiger partial charge in [0.15, 0.2) is 0 Å². The highest BCUT2D eigenvalue weighted by molar-refractivity contribution is 8.00. The maximum Gasteiger partial charge on any atom is 0.352 e. The molecule has 2 aliphatic heterocycles. The maximum atomic E-state index is 12.5. The predicted octanol–water partition coefficient (Wildman–Crippen LogP) is -0.0105. The minimum absolute atomic E-state index is 0.103. The Hall–Kier alpha value is -2.85. The Morgan fingerprint density at radius 1 is 1.28 bits per heavy atom. The molecule has 1 saturated heterocycles. The number of β-lactam (4-membered cyclic amide) rings is 1.